The molecule has 114 valence electrons. The van der Waals surface area contributed by atoms with Gasteiger partial charge in [-0.25, -0.2) is 0 Å². The highest BCUT2D eigenvalue weighted by molar-refractivity contribution is 5.99. The summed E-state index contributed by atoms with van der Waals surface area (Å²) in [5.41, 5.74) is 8.30. The second-order valence-electron chi connectivity index (χ2n) is 6.36. The number of nitrogens with zero attached hydrogens (tertiary/aromatic N) is 2. The standard InChI is InChI=1S/C17H25N3O/c1-13-4-5-16(18)15(12-13)17(21)20-10-6-14(7-11-20)19-8-2-3-9-19/h4-5,12,14H,2-3,6-11,18H2,1H3. The van der Waals surface area contributed by atoms with Gasteiger partial charge in [0, 0.05) is 24.8 Å². The summed E-state index contributed by atoms with van der Waals surface area (Å²) < 4.78 is 0. The first-order valence-corrected chi connectivity index (χ1v) is 8.04. The van der Waals surface area contributed by atoms with Crippen LogP contribution in [-0.2, 0) is 0 Å². The zero-order valence-corrected chi connectivity index (χ0v) is 12.8. The minimum atomic E-state index is 0.0936. The molecule has 0 aromatic heterocycles. The molecule has 1 aromatic rings. The Morgan fingerprint density at radius 3 is 2.48 bits per heavy atom. The van der Waals surface area contributed by atoms with E-state index in [9.17, 15) is 4.79 Å². The Balaban J connectivity index is 1.63. The van der Waals surface area contributed by atoms with Crippen molar-refractivity contribution in [3.05, 3.63) is 29.3 Å². The number of benzene rings is 1. The number of likely N-dealkylation sites (tertiary alicyclic amines) is 2. The third kappa shape index (κ3) is 3.05. The minimum absolute atomic E-state index is 0.0936. The second-order valence-corrected chi connectivity index (χ2v) is 6.36. The van der Waals surface area contributed by atoms with Gasteiger partial charge in [0.2, 0.25) is 0 Å². The molecular weight excluding hydrogens is 262 g/mol. The first kappa shape index (κ1) is 14.4. The molecule has 21 heavy (non-hydrogen) atoms. The van der Waals surface area contributed by atoms with E-state index in [2.05, 4.69) is 4.90 Å². The number of rotatable bonds is 2. The molecule has 2 aliphatic heterocycles. The lowest BCUT2D eigenvalue weighted by atomic mass is 10.0. The lowest BCUT2D eigenvalue weighted by Gasteiger charge is -2.36. The molecule has 0 radical (unpaired) electrons. The molecule has 0 saturated carbocycles. The monoisotopic (exact) mass is 287 g/mol. The molecule has 0 atom stereocenters. The van der Waals surface area contributed by atoms with Gasteiger partial charge in [0.1, 0.15) is 0 Å². The van der Waals surface area contributed by atoms with Crippen molar-refractivity contribution < 1.29 is 4.79 Å². The normalized spacial score (nSPS) is 20.9. The van der Waals surface area contributed by atoms with Crippen LogP contribution >= 0.6 is 0 Å². The topological polar surface area (TPSA) is 49.6 Å². The summed E-state index contributed by atoms with van der Waals surface area (Å²) in [5, 5.41) is 0. The van der Waals surface area contributed by atoms with Crippen molar-refractivity contribution in [1.29, 1.82) is 0 Å². The smallest absolute Gasteiger partial charge is 0.255 e. The average molecular weight is 287 g/mol. The van der Waals surface area contributed by atoms with Gasteiger partial charge in [-0.05, 0) is 57.8 Å². The number of anilines is 1. The summed E-state index contributed by atoms with van der Waals surface area (Å²) >= 11 is 0. The molecule has 2 N–H and O–H groups in total. The van der Waals surface area contributed by atoms with E-state index in [1.807, 2.05) is 30.0 Å². The van der Waals surface area contributed by atoms with Crippen LogP contribution in [0.4, 0.5) is 5.69 Å². The Labute approximate surface area is 126 Å². The van der Waals surface area contributed by atoms with E-state index in [0.717, 1.165) is 31.5 Å². The lowest BCUT2D eigenvalue weighted by Crippen LogP contribution is -2.46. The Hall–Kier alpha value is -1.55. The molecule has 0 bridgehead atoms. The number of nitrogen functional groups attached to an aromatic ring is 1. The third-order valence-corrected chi connectivity index (χ3v) is 4.85. The van der Waals surface area contributed by atoms with Crippen molar-refractivity contribution in [2.75, 3.05) is 31.9 Å². The Morgan fingerprint density at radius 1 is 1.14 bits per heavy atom. The summed E-state index contributed by atoms with van der Waals surface area (Å²) in [5.74, 6) is 0.0936. The summed E-state index contributed by atoms with van der Waals surface area (Å²) in [7, 11) is 0. The number of carbonyl (C=O) groups is 1. The van der Waals surface area contributed by atoms with Crippen molar-refractivity contribution in [3.8, 4) is 0 Å². The van der Waals surface area contributed by atoms with Crippen LogP contribution in [-0.4, -0.2) is 47.9 Å². The number of hydrogen-bond acceptors (Lipinski definition) is 3. The average Bonchev–Trinajstić information content (AvgIpc) is 3.03. The fourth-order valence-corrected chi connectivity index (χ4v) is 3.57. The molecule has 2 fully saturated rings. The van der Waals surface area contributed by atoms with Crippen LogP contribution in [0.5, 0.6) is 0 Å². The lowest BCUT2D eigenvalue weighted by molar-refractivity contribution is 0.0645. The first-order chi connectivity index (χ1) is 10.1. The number of amides is 1. The van der Waals surface area contributed by atoms with Crippen LogP contribution < -0.4 is 5.73 Å². The molecule has 1 aromatic carbocycles. The molecule has 2 saturated heterocycles. The summed E-state index contributed by atoms with van der Waals surface area (Å²) in [6.45, 7) is 6.18. The van der Waals surface area contributed by atoms with Gasteiger partial charge in [0.15, 0.2) is 0 Å². The molecule has 2 aliphatic rings. The van der Waals surface area contributed by atoms with Crippen molar-refractivity contribution in [1.82, 2.24) is 9.80 Å². The molecule has 1 amide bonds. The SMILES string of the molecule is Cc1ccc(N)c(C(=O)N2CCC(N3CCCC3)CC2)c1. The molecule has 4 nitrogen and oxygen atoms in total. The highest BCUT2D eigenvalue weighted by atomic mass is 16.2. The van der Waals surface area contributed by atoms with Gasteiger partial charge in [-0.3, -0.25) is 4.79 Å². The van der Waals surface area contributed by atoms with Crippen LogP contribution in [0.25, 0.3) is 0 Å². The molecular formula is C17H25N3O. The maximum absolute atomic E-state index is 12.6. The van der Waals surface area contributed by atoms with Gasteiger partial charge >= 0.3 is 0 Å². The molecule has 3 rings (SSSR count). The number of aryl methyl sites for hydroxylation is 1. The number of carbonyl (C=O) groups excluding carboxylic acids is 1. The van der Waals surface area contributed by atoms with E-state index in [0.29, 0.717) is 17.3 Å². The Morgan fingerprint density at radius 2 is 1.81 bits per heavy atom. The number of nitrogens with two attached hydrogens (primary N) is 1. The minimum Gasteiger partial charge on any atom is -0.398 e. The van der Waals surface area contributed by atoms with Gasteiger partial charge in [0.05, 0.1) is 5.56 Å². The summed E-state index contributed by atoms with van der Waals surface area (Å²) in [4.78, 5) is 17.2. The maximum Gasteiger partial charge on any atom is 0.255 e. The van der Waals surface area contributed by atoms with Crippen LogP contribution in [0.1, 0.15) is 41.6 Å². The number of piperidine rings is 1. The van der Waals surface area contributed by atoms with E-state index in [4.69, 9.17) is 5.73 Å². The van der Waals surface area contributed by atoms with E-state index in [-0.39, 0.29) is 5.91 Å². The van der Waals surface area contributed by atoms with Crippen LogP contribution in [0.15, 0.2) is 18.2 Å². The number of hydrogen-bond donors (Lipinski definition) is 1. The van der Waals surface area contributed by atoms with Crippen LogP contribution in [0, 0.1) is 6.92 Å². The molecule has 0 unspecified atom stereocenters. The quantitative estimate of drug-likeness (QED) is 0.849. The van der Waals surface area contributed by atoms with E-state index in [1.54, 1.807) is 0 Å². The highest BCUT2D eigenvalue weighted by Crippen LogP contribution is 2.23. The van der Waals surface area contributed by atoms with Crippen LogP contribution in [0.2, 0.25) is 0 Å². The van der Waals surface area contributed by atoms with Gasteiger partial charge in [-0.15, -0.1) is 0 Å². The fourth-order valence-electron chi connectivity index (χ4n) is 3.57. The van der Waals surface area contributed by atoms with E-state index >= 15 is 0 Å². The van der Waals surface area contributed by atoms with Gasteiger partial charge in [-0.1, -0.05) is 11.6 Å². The maximum atomic E-state index is 12.6. The summed E-state index contributed by atoms with van der Waals surface area (Å²) in [6, 6.07) is 6.36. The fraction of sp³-hybridized carbons (Fsp3) is 0.588. The predicted molar refractivity (Wildman–Crippen MR) is 85.3 cm³/mol. The first-order valence-electron chi connectivity index (χ1n) is 8.04. The van der Waals surface area contributed by atoms with Crippen molar-refractivity contribution in [3.63, 3.8) is 0 Å². The van der Waals surface area contributed by atoms with E-state index < -0.39 is 0 Å². The predicted octanol–water partition coefficient (Wildman–Crippen LogP) is 2.28. The summed E-state index contributed by atoms with van der Waals surface area (Å²) in [6.07, 6.45) is 4.85. The highest BCUT2D eigenvalue weighted by Gasteiger charge is 2.29. The zero-order valence-electron chi connectivity index (χ0n) is 12.8. The second kappa shape index (κ2) is 6.06. The Bertz CT molecular complexity index is 515. The molecule has 0 spiro atoms. The third-order valence-electron chi connectivity index (χ3n) is 4.85. The van der Waals surface area contributed by atoms with Crippen molar-refractivity contribution in [2.24, 2.45) is 0 Å². The van der Waals surface area contributed by atoms with Gasteiger partial charge in [-0.2, -0.15) is 0 Å². The largest absolute Gasteiger partial charge is 0.398 e. The van der Waals surface area contributed by atoms with Gasteiger partial charge in [0.25, 0.3) is 5.91 Å². The van der Waals surface area contributed by atoms with Gasteiger partial charge < -0.3 is 15.5 Å². The van der Waals surface area contributed by atoms with Crippen molar-refractivity contribution in [2.45, 2.75) is 38.6 Å². The molecule has 4 heteroatoms. The zero-order chi connectivity index (χ0) is 14.8. The Kier molecular flexibility index (Phi) is 4.15. The van der Waals surface area contributed by atoms with E-state index in [1.165, 1.54) is 25.9 Å². The van der Waals surface area contributed by atoms with Crippen LogP contribution in [0.3, 0.4) is 0 Å². The van der Waals surface area contributed by atoms with Crippen molar-refractivity contribution >= 4 is 11.6 Å². The molecule has 2 heterocycles. The molecule has 0 aliphatic carbocycles.